The molecule has 2 amide bonds. The first kappa shape index (κ1) is 24.9. The Balaban J connectivity index is 1.79. The van der Waals surface area contributed by atoms with Crippen molar-refractivity contribution in [1.82, 2.24) is 10.2 Å². The number of amides is 2. The van der Waals surface area contributed by atoms with Gasteiger partial charge in [-0.25, -0.2) is 0 Å². The normalized spacial score (nSPS) is 11.6. The predicted octanol–water partition coefficient (Wildman–Crippen LogP) is 5.60. The molecule has 3 aromatic carbocycles. The number of likely N-dealkylation sites (N-methyl/N-ethyl adjacent to an activating group) is 1. The molecule has 0 aliphatic carbocycles. The van der Waals surface area contributed by atoms with Gasteiger partial charge in [0.15, 0.2) is 0 Å². The Morgan fingerprint density at radius 3 is 2.12 bits per heavy atom. The number of halogens is 1. The molecule has 172 valence electrons. The lowest BCUT2D eigenvalue weighted by Crippen LogP contribution is -2.50. The summed E-state index contributed by atoms with van der Waals surface area (Å²) >= 11 is 7.57. The quantitative estimate of drug-likeness (QED) is 0.363. The smallest absolute Gasteiger partial charge is 0.243 e. The number of thioether (sulfide) groups is 1. The van der Waals surface area contributed by atoms with Crippen LogP contribution in [0.5, 0.6) is 0 Å². The van der Waals surface area contributed by atoms with E-state index in [4.69, 9.17) is 11.6 Å². The number of hydrogen-bond acceptors (Lipinski definition) is 3. The molecule has 0 aliphatic heterocycles. The average molecular weight is 481 g/mol. The van der Waals surface area contributed by atoms with Crippen molar-refractivity contribution < 1.29 is 9.59 Å². The van der Waals surface area contributed by atoms with Crippen LogP contribution >= 0.6 is 23.4 Å². The fraction of sp³-hybridized carbons (Fsp3) is 0.259. The van der Waals surface area contributed by atoms with Crippen LogP contribution < -0.4 is 5.32 Å². The monoisotopic (exact) mass is 480 g/mol. The maximum Gasteiger partial charge on any atom is 0.243 e. The van der Waals surface area contributed by atoms with Crippen LogP contribution in [0.25, 0.3) is 0 Å². The van der Waals surface area contributed by atoms with E-state index in [0.29, 0.717) is 36.7 Å². The van der Waals surface area contributed by atoms with Gasteiger partial charge in [0.05, 0.1) is 0 Å². The molecule has 0 aliphatic rings. The third-order valence-electron chi connectivity index (χ3n) is 5.22. The minimum Gasteiger partial charge on any atom is -0.355 e. The Hall–Kier alpha value is -2.76. The van der Waals surface area contributed by atoms with E-state index in [0.717, 1.165) is 16.0 Å². The minimum absolute atomic E-state index is 0.0347. The van der Waals surface area contributed by atoms with Crippen molar-refractivity contribution in [2.75, 3.05) is 12.3 Å². The van der Waals surface area contributed by atoms with E-state index in [2.05, 4.69) is 5.32 Å². The van der Waals surface area contributed by atoms with Crippen LogP contribution in [0.1, 0.15) is 24.5 Å². The van der Waals surface area contributed by atoms with Crippen LogP contribution in [0, 0.1) is 0 Å². The van der Waals surface area contributed by atoms with Gasteiger partial charge in [-0.15, -0.1) is 11.8 Å². The third kappa shape index (κ3) is 7.95. The lowest BCUT2D eigenvalue weighted by molar-refractivity contribution is -0.140. The van der Waals surface area contributed by atoms with Crippen LogP contribution in [0.15, 0.2) is 89.8 Å². The molecule has 0 spiro atoms. The number of carbonyl (C=O) groups excluding carboxylic acids is 2. The molecule has 1 atom stereocenters. The summed E-state index contributed by atoms with van der Waals surface area (Å²) < 4.78 is 0. The van der Waals surface area contributed by atoms with E-state index in [9.17, 15) is 9.59 Å². The first-order valence-corrected chi connectivity index (χ1v) is 12.5. The number of rotatable bonds is 11. The van der Waals surface area contributed by atoms with Gasteiger partial charge in [0, 0.05) is 41.6 Å². The molecule has 3 rings (SSSR count). The molecule has 0 bridgehead atoms. The summed E-state index contributed by atoms with van der Waals surface area (Å²) in [6.45, 7) is 2.80. The number of nitrogens with one attached hydrogen (secondary N) is 1. The van der Waals surface area contributed by atoms with E-state index in [1.807, 2.05) is 91.9 Å². The maximum atomic E-state index is 13.4. The molecular weight excluding hydrogens is 452 g/mol. The SMILES string of the molecule is CCNC(=O)C(Cc1ccccc1)N(Cc1ccccc1)C(=O)CCSc1ccc(Cl)cc1. The first-order chi connectivity index (χ1) is 16.1. The summed E-state index contributed by atoms with van der Waals surface area (Å²) in [6, 6.07) is 26.7. The fourth-order valence-corrected chi connectivity index (χ4v) is 4.52. The second-order valence-electron chi connectivity index (χ2n) is 7.66. The molecule has 1 N–H and O–H groups in total. The highest BCUT2D eigenvalue weighted by atomic mass is 35.5. The van der Waals surface area contributed by atoms with Gasteiger partial charge >= 0.3 is 0 Å². The molecule has 3 aromatic rings. The molecule has 1 unspecified atom stereocenters. The van der Waals surface area contributed by atoms with Crippen LogP contribution in [0.3, 0.4) is 0 Å². The minimum atomic E-state index is -0.583. The van der Waals surface area contributed by atoms with Crippen LogP contribution in [-0.4, -0.2) is 35.1 Å². The number of hydrogen-bond donors (Lipinski definition) is 1. The summed E-state index contributed by atoms with van der Waals surface area (Å²) in [6.07, 6.45) is 0.806. The van der Waals surface area contributed by atoms with Gasteiger partial charge < -0.3 is 10.2 Å². The molecule has 0 fully saturated rings. The van der Waals surface area contributed by atoms with Crippen molar-refractivity contribution in [3.63, 3.8) is 0 Å². The Morgan fingerprint density at radius 2 is 1.52 bits per heavy atom. The van der Waals surface area contributed by atoms with Crippen molar-refractivity contribution in [3.05, 3.63) is 101 Å². The summed E-state index contributed by atoms with van der Waals surface area (Å²) in [5, 5.41) is 3.61. The van der Waals surface area contributed by atoms with Gasteiger partial charge in [-0.3, -0.25) is 9.59 Å². The lowest BCUT2D eigenvalue weighted by atomic mass is 10.0. The standard InChI is InChI=1S/C27H29ClN2O2S/c1-2-29-27(32)25(19-21-9-5-3-6-10-21)30(20-22-11-7-4-8-12-22)26(31)17-18-33-24-15-13-23(28)14-16-24/h3-16,25H,2,17-20H2,1H3,(H,29,32). The highest BCUT2D eigenvalue weighted by Crippen LogP contribution is 2.22. The van der Waals surface area contributed by atoms with Crippen molar-refractivity contribution >= 4 is 35.2 Å². The van der Waals surface area contributed by atoms with E-state index in [-0.39, 0.29) is 11.8 Å². The van der Waals surface area contributed by atoms with E-state index in [1.165, 1.54) is 0 Å². The van der Waals surface area contributed by atoms with E-state index in [1.54, 1.807) is 16.7 Å². The first-order valence-electron chi connectivity index (χ1n) is 11.1. The van der Waals surface area contributed by atoms with E-state index >= 15 is 0 Å². The molecule has 6 heteroatoms. The van der Waals surface area contributed by atoms with Crippen LogP contribution in [0.4, 0.5) is 0 Å². The summed E-state index contributed by atoms with van der Waals surface area (Å²) in [7, 11) is 0. The molecule has 0 heterocycles. The molecular formula is C27H29ClN2O2S. The van der Waals surface area contributed by atoms with Gasteiger partial charge in [-0.05, 0) is 42.3 Å². The Kier molecular flexibility index (Phi) is 9.85. The lowest BCUT2D eigenvalue weighted by Gasteiger charge is -2.31. The zero-order chi connectivity index (χ0) is 23.5. The predicted molar refractivity (Wildman–Crippen MR) is 136 cm³/mol. The van der Waals surface area contributed by atoms with Gasteiger partial charge in [0.25, 0.3) is 0 Å². The molecule has 33 heavy (non-hydrogen) atoms. The summed E-state index contributed by atoms with van der Waals surface area (Å²) in [4.78, 5) is 29.3. The molecule has 4 nitrogen and oxygen atoms in total. The highest BCUT2D eigenvalue weighted by Gasteiger charge is 2.29. The third-order valence-corrected chi connectivity index (χ3v) is 6.48. The van der Waals surface area contributed by atoms with Crippen molar-refractivity contribution in [2.45, 2.75) is 37.2 Å². The molecule has 0 saturated carbocycles. The van der Waals surface area contributed by atoms with Gasteiger partial charge in [0.1, 0.15) is 6.04 Å². The Labute approximate surface area is 205 Å². The average Bonchev–Trinajstić information content (AvgIpc) is 2.84. The van der Waals surface area contributed by atoms with Crippen molar-refractivity contribution in [1.29, 1.82) is 0 Å². The van der Waals surface area contributed by atoms with Gasteiger partial charge in [0.2, 0.25) is 11.8 Å². The fourth-order valence-electron chi connectivity index (χ4n) is 3.56. The highest BCUT2D eigenvalue weighted by molar-refractivity contribution is 7.99. The topological polar surface area (TPSA) is 49.4 Å². The van der Waals surface area contributed by atoms with Crippen molar-refractivity contribution in [2.24, 2.45) is 0 Å². The summed E-state index contributed by atoms with van der Waals surface area (Å²) in [5.74, 6) is 0.461. The van der Waals surface area contributed by atoms with E-state index < -0.39 is 6.04 Å². The van der Waals surface area contributed by atoms with Crippen LogP contribution in [0.2, 0.25) is 5.02 Å². The number of nitrogens with zero attached hydrogens (tertiary/aromatic N) is 1. The number of benzene rings is 3. The second kappa shape index (κ2) is 13.1. The van der Waals surface area contributed by atoms with Gasteiger partial charge in [-0.2, -0.15) is 0 Å². The van der Waals surface area contributed by atoms with Crippen LogP contribution in [-0.2, 0) is 22.6 Å². The van der Waals surface area contributed by atoms with Crippen molar-refractivity contribution in [3.8, 4) is 0 Å². The zero-order valence-corrected chi connectivity index (χ0v) is 20.3. The summed E-state index contributed by atoms with van der Waals surface area (Å²) in [5.41, 5.74) is 2.02. The molecule has 0 radical (unpaired) electrons. The second-order valence-corrected chi connectivity index (χ2v) is 9.26. The number of carbonyl (C=O) groups is 2. The maximum absolute atomic E-state index is 13.4. The molecule has 0 aromatic heterocycles. The Morgan fingerprint density at radius 1 is 0.909 bits per heavy atom. The molecule has 0 saturated heterocycles. The van der Waals surface area contributed by atoms with Gasteiger partial charge in [-0.1, -0.05) is 72.3 Å². The zero-order valence-electron chi connectivity index (χ0n) is 18.7. The Bertz CT molecular complexity index is 1010. The largest absolute Gasteiger partial charge is 0.355 e.